The van der Waals surface area contributed by atoms with Gasteiger partial charge in [0.1, 0.15) is 0 Å². The van der Waals surface area contributed by atoms with Crippen LogP contribution < -0.4 is 5.32 Å². The van der Waals surface area contributed by atoms with Gasteiger partial charge in [-0.1, -0.05) is 6.42 Å². The summed E-state index contributed by atoms with van der Waals surface area (Å²) in [4.78, 5) is 27.1. The van der Waals surface area contributed by atoms with E-state index < -0.39 is 0 Å². The van der Waals surface area contributed by atoms with Crippen LogP contribution >= 0.6 is 0 Å². The lowest BCUT2D eigenvalue weighted by Gasteiger charge is -2.37. The van der Waals surface area contributed by atoms with Crippen molar-refractivity contribution < 1.29 is 14.3 Å². The first kappa shape index (κ1) is 17.5. The van der Waals surface area contributed by atoms with E-state index in [4.69, 9.17) is 4.74 Å². The highest BCUT2D eigenvalue weighted by molar-refractivity contribution is 5.80. The van der Waals surface area contributed by atoms with E-state index in [2.05, 4.69) is 10.4 Å². The Morgan fingerprint density at radius 1 is 1.23 bits per heavy atom. The maximum absolute atomic E-state index is 12.7. The zero-order valence-corrected chi connectivity index (χ0v) is 15.2. The van der Waals surface area contributed by atoms with E-state index in [-0.39, 0.29) is 23.8 Å². The van der Waals surface area contributed by atoms with Gasteiger partial charge in [0.25, 0.3) is 0 Å². The molecule has 1 unspecified atom stereocenters. The average molecular weight is 360 g/mol. The highest BCUT2D eigenvalue weighted by Gasteiger charge is 2.35. The number of aromatic nitrogens is 2. The van der Waals surface area contributed by atoms with E-state index in [1.165, 1.54) is 0 Å². The molecule has 0 bridgehead atoms. The summed E-state index contributed by atoms with van der Waals surface area (Å²) in [7, 11) is 0. The van der Waals surface area contributed by atoms with Gasteiger partial charge >= 0.3 is 0 Å². The minimum Gasteiger partial charge on any atom is -0.381 e. The van der Waals surface area contributed by atoms with Crippen LogP contribution in [0.25, 0.3) is 0 Å². The summed E-state index contributed by atoms with van der Waals surface area (Å²) in [6, 6.07) is 1.88. The minimum atomic E-state index is -0.0764. The number of hydrogen-bond acceptors (Lipinski definition) is 4. The van der Waals surface area contributed by atoms with Gasteiger partial charge in [0.2, 0.25) is 11.8 Å². The lowest BCUT2D eigenvalue weighted by molar-refractivity contribution is -0.141. The van der Waals surface area contributed by atoms with Crippen molar-refractivity contribution in [3.05, 3.63) is 18.0 Å². The second kappa shape index (κ2) is 7.78. The largest absolute Gasteiger partial charge is 0.381 e. The molecular formula is C19H28N4O3. The van der Waals surface area contributed by atoms with Gasteiger partial charge in [0.05, 0.1) is 24.7 Å². The van der Waals surface area contributed by atoms with Crippen molar-refractivity contribution in [3.63, 3.8) is 0 Å². The lowest BCUT2D eigenvalue weighted by Crippen LogP contribution is -2.46. The highest BCUT2D eigenvalue weighted by atomic mass is 16.5. The number of amides is 2. The zero-order valence-electron chi connectivity index (χ0n) is 15.2. The van der Waals surface area contributed by atoms with Crippen LogP contribution in [0.4, 0.5) is 0 Å². The van der Waals surface area contributed by atoms with Gasteiger partial charge in [0.15, 0.2) is 0 Å². The van der Waals surface area contributed by atoms with Crippen LogP contribution in [0.5, 0.6) is 0 Å². The first-order chi connectivity index (χ1) is 12.7. The molecule has 2 amide bonds. The fourth-order valence-electron chi connectivity index (χ4n) is 4.11. The third-order valence-electron chi connectivity index (χ3n) is 6.00. The van der Waals surface area contributed by atoms with E-state index in [9.17, 15) is 9.59 Å². The lowest BCUT2D eigenvalue weighted by atomic mass is 9.84. The Balaban J connectivity index is 1.35. The van der Waals surface area contributed by atoms with Crippen molar-refractivity contribution in [1.82, 2.24) is 20.0 Å². The van der Waals surface area contributed by atoms with Crippen LogP contribution in [0.2, 0.25) is 0 Å². The molecular weight excluding hydrogens is 332 g/mol. The number of nitrogens with zero attached hydrogens (tertiary/aromatic N) is 3. The molecule has 7 nitrogen and oxygen atoms in total. The third kappa shape index (κ3) is 3.77. The Labute approximate surface area is 154 Å². The second-order valence-corrected chi connectivity index (χ2v) is 7.83. The summed E-state index contributed by atoms with van der Waals surface area (Å²) >= 11 is 0. The van der Waals surface area contributed by atoms with Crippen molar-refractivity contribution in [2.24, 2.45) is 11.8 Å². The first-order valence-corrected chi connectivity index (χ1v) is 9.86. The molecule has 2 fully saturated rings. The first-order valence-electron chi connectivity index (χ1n) is 9.86. The summed E-state index contributed by atoms with van der Waals surface area (Å²) in [5.41, 5.74) is 1.02. The van der Waals surface area contributed by atoms with Gasteiger partial charge < -0.3 is 15.0 Å². The minimum absolute atomic E-state index is 0.0425. The molecule has 1 aromatic rings. The van der Waals surface area contributed by atoms with E-state index in [0.717, 1.165) is 51.0 Å². The quantitative estimate of drug-likeness (QED) is 0.863. The molecule has 26 heavy (non-hydrogen) atoms. The molecule has 1 saturated carbocycles. The summed E-state index contributed by atoms with van der Waals surface area (Å²) in [6.07, 6.45) is 7.31. The number of carbonyl (C=O) groups excluding carboxylic acids is 2. The second-order valence-electron chi connectivity index (χ2n) is 7.83. The maximum Gasteiger partial charge on any atom is 0.226 e. The van der Waals surface area contributed by atoms with Crippen molar-refractivity contribution in [2.75, 3.05) is 26.3 Å². The fraction of sp³-hybridized carbons (Fsp3) is 0.737. The SMILES string of the molecule is O=C(CC1CN(C(=O)C2CCC2)Cc2ccnn21)NCC1CCOCC1. The van der Waals surface area contributed by atoms with Crippen LogP contribution in [0.1, 0.15) is 50.3 Å². The fourth-order valence-corrected chi connectivity index (χ4v) is 4.11. The third-order valence-corrected chi connectivity index (χ3v) is 6.00. The topological polar surface area (TPSA) is 76.5 Å². The van der Waals surface area contributed by atoms with Crippen LogP contribution in [0.15, 0.2) is 12.3 Å². The highest BCUT2D eigenvalue weighted by Crippen LogP contribution is 2.31. The normalized spacial score (nSPS) is 24.0. The maximum atomic E-state index is 12.7. The molecule has 0 spiro atoms. The molecule has 3 aliphatic rings. The van der Waals surface area contributed by atoms with Gasteiger partial charge in [-0.25, -0.2) is 0 Å². The molecule has 1 saturated heterocycles. The number of rotatable bonds is 5. The molecule has 0 aromatic carbocycles. The van der Waals surface area contributed by atoms with Crippen molar-refractivity contribution >= 4 is 11.8 Å². The van der Waals surface area contributed by atoms with Crippen molar-refractivity contribution in [1.29, 1.82) is 0 Å². The van der Waals surface area contributed by atoms with E-state index in [0.29, 0.717) is 32.0 Å². The smallest absolute Gasteiger partial charge is 0.226 e. The Kier molecular flexibility index (Phi) is 5.24. The standard InChI is InChI=1S/C19H28N4O3/c24-18(20-11-14-5-8-26-9-6-14)10-17-13-22(19(25)15-2-1-3-15)12-16-4-7-21-23(16)17/h4,7,14-15,17H,1-3,5-6,8-13H2,(H,20,24). The van der Waals surface area contributed by atoms with Gasteiger partial charge in [-0.2, -0.15) is 5.10 Å². The predicted molar refractivity (Wildman–Crippen MR) is 95.2 cm³/mol. The average Bonchev–Trinajstić information content (AvgIpc) is 3.08. The molecule has 1 N–H and O–H groups in total. The summed E-state index contributed by atoms with van der Waals surface area (Å²) in [6.45, 7) is 3.48. The van der Waals surface area contributed by atoms with Crippen LogP contribution in [0, 0.1) is 11.8 Å². The van der Waals surface area contributed by atoms with E-state index in [1.54, 1.807) is 6.20 Å². The van der Waals surface area contributed by atoms with E-state index >= 15 is 0 Å². The Morgan fingerprint density at radius 3 is 2.77 bits per heavy atom. The number of nitrogens with one attached hydrogen (secondary N) is 1. The van der Waals surface area contributed by atoms with Crippen LogP contribution in [-0.2, 0) is 20.9 Å². The molecule has 2 aliphatic heterocycles. The molecule has 142 valence electrons. The van der Waals surface area contributed by atoms with Gasteiger partial charge in [-0.05, 0) is 37.7 Å². The summed E-state index contributed by atoms with van der Waals surface area (Å²) in [5, 5.41) is 7.47. The van der Waals surface area contributed by atoms with Crippen molar-refractivity contribution in [2.45, 2.75) is 51.1 Å². The van der Waals surface area contributed by atoms with Gasteiger partial charge in [-0.3, -0.25) is 14.3 Å². The predicted octanol–water partition coefficient (Wildman–Crippen LogP) is 1.50. The van der Waals surface area contributed by atoms with Crippen LogP contribution in [0.3, 0.4) is 0 Å². The number of carbonyl (C=O) groups is 2. The molecule has 0 radical (unpaired) electrons. The monoisotopic (exact) mass is 360 g/mol. The van der Waals surface area contributed by atoms with Crippen LogP contribution in [-0.4, -0.2) is 52.8 Å². The molecule has 1 aromatic heterocycles. The molecule has 1 atom stereocenters. The number of hydrogen-bond donors (Lipinski definition) is 1. The Morgan fingerprint density at radius 2 is 2.04 bits per heavy atom. The molecule has 4 rings (SSSR count). The van der Waals surface area contributed by atoms with Gasteiger partial charge in [0, 0.05) is 38.4 Å². The number of fused-ring (bicyclic) bond motifs is 1. The van der Waals surface area contributed by atoms with Crippen molar-refractivity contribution in [3.8, 4) is 0 Å². The molecule has 1 aliphatic carbocycles. The Bertz CT molecular complexity index is 649. The number of ether oxygens (including phenoxy) is 1. The van der Waals surface area contributed by atoms with Gasteiger partial charge in [-0.15, -0.1) is 0 Å². The summed E-state index contributed by atoms with van der Waals surface area (Å²) in [5.74, 6) is 0.987. The Hall–Kier alpha value is -1.89. The zero-order chi connectivity index (χ0) is 17.9. The summed E-state index contributed by atoms with van der Waals surface area (Å²) < 4.78 is 7.29. The molecule has 3 heterocycles. The molecule has 7 heteroatoms. The van der Waals surface area contributed by atoms with E-state index in [1.807, 2.05) is 15.6 Å².